The van der Waals surface area contributed by atoms with E-state index in [-0.39, 0.29) is 11.9 Å². The molecule has 0 radical (unpaired) electrons. The monoisotopic (exact) mass is 306 g/mol. The standard InChI is InChI=1S/C16H26N4O2/c1-3-13(2)19-16(21)14-4-5-17-15(12-14)18-6-7-20-8-10-22-11-9-20/h4-5,12-13H,3,6-11H2,1-2H3,(H,17,18)(H,19,21). The van der Waals surface area contributed by atoms with Crippen molar-refractivity contribution in [3.05, 3.63) is 23.9 Å². The number of pyridine rings is 1. The van der Waals surface area contributed by atoms with Crippen LogP contribution in [0, 0.1) is 0 Å². The number of carbonyl (C=O) groups is 1. The van der Waals surface area contributed by atoms with Gasteiger partial charge in [0.15, 0.2) is 0 Å². The van der Waals surface area contributed by atoms with Gasteiger partial charge < -0.3 is 15.4 Å². The van der Waals surface area contributed by atoms with Crippen LogP contribution in [0.4, 0.5) is 5.82 Å². The Hall–Kier alpha value is -1.66. The molecule has 0 aliphatic carbocycles. The largest absolute Gasteiger partial charge is 0.379 e. The van der Waals surface area contributed by atoms with Crippen LogP contribution in [0.2, 0.25) is 0 Å². The third kappa shape index (κ3) is 5.27. The maximum absolute atomic E-state index is 12.1. The summed E-state index contributed by atoms with van der Waals surface area (Å²) < 4.78 is 5.33. The molecule has 1 aliphatic heterocycles. The van der Waals surface area contributed by atoms with Crippen LogP contribution in [0.1, 0.15) is 30.6 Å². The van der Waals surface area contributed by atoms with Crippen LogP contribution in [-0.4, -0.2) is 61.2 Å². The zero-order valence-electron chi connectivity index (χ0n) is 13.5. The minimum Gasteiger partial charge on any atom is -0.379 e. The minimum atomic E-state index is -0.0482. The van der Waals surface area contributed by atoms with Crippen molar-refractivity contribution in [3.63, 3.8) is 0 Å². The highest BCUT2D eigenvalue weighted by Crippen LogP contribution is 2.07. The molecule has 0 aromatic carbocycles. The molecule has 122 valence electrons. The van der Waals surface area contributed by atoms with Gasteiger partial charge >= 0.3 is 0 Å². The zero-order chi connectivity index (χ0) is 15.8. The van der Waals surface area contributed by atoms with Crippen molar-refractivity contribution in [1.29, 1.82) is 0 Å². The summed E-state index contributed by atoms with van der Waals surface area (Å²) in [6, 6.07) is 3.72. The molecule has 1 fully saturated rings. The molecule has 1 aliphatic rings. The van der Waals surface area contributed by atoms with Crippen molar-refractivity contribution in [3.8, 4) is 0 Å². The Labute approximate surface area is 132 Å². The van der Waals surface area contributed by atoms with Gasteiger partial charge in [-0.15, -0.1) is 0 Å². The van der Waals surface area contributed by atoms with Gasteiger partial charge in [0.25, 0.3) is 5.91 Å². The summed E-state index contributed by atoms with van der Waals surface area (Å²) in [5, 5.41) is 6.25. The summed E-state index contributed by atoms with van der Waals surface area (Å²) in [4.78, 5) is 18.7. The van der Waals surface area contributed by atoms with Gasteiger partial charge in [0, 0.05) is 44.0 Å². The fraction of sp³-hybridized carbons (Fsp3) is 0.625. The number of morpholine rings is 1. The summed E-state index contributed by atoms with van der Waals surface area (Å²) >= 11 is 0. The van der Waals surface area contributed by atoms with E-state index in [1.54, 1.807) is 18.3 Å². The molecule has 1 aromatic heterocycles. The fourth-order valence-electron chi connectivity index (χ4n) is 2.24. The predicted molar refractivity (Wildman–Crippen MR) is 87.2 cm³/mol. The van der Waals surface area contributed by atoms with E-state index in [0.717, 1.165) is 51.6 Å². The second kappa shape index (κ2) is 8.70. The third-order valence-electron chi connectivity index (χ3n) is 3.85. The van der Waals surface area contributed by atoms with Crippen LogP contribution in [0.25, 0.3) is 0 Å². The van der Waals surface area contributed by atoms with Gasteiger partial charge in [0.1, 0.15) is 5.82 Å². The number of ether oxygens (including phenoxy) is 1. The molecule has 1 saturated heterocycles. The van der Waals surface area contributed by atoms with E-state index < -0.39 is 0 Å². The number of rotatable bonds is 7. The molecule has 1 unspecified atom stereocenters. The van der Waals surface area contributed by atoms with Crippen LogP contribution in [-0.2, 0) is 4.74 Å². The van der Waals surface area contributed by atoms with Crippen LogP contribution in [0.5, 0.6) is 0 Å². The lowest BCUT2D eigenvalue weighted by Crippen LogP contribution is -2.39. The van der Waals surface area contributed by atoms with Crippen molar-refractivity contribution in [2.45, 2.75) is 26.3 Å². The normalized spacial score (nSPS) is 17.0. The lowest BCUT2D eigenvalue weighted by molar-refractivity contribution is 0.0398. The highest BCUT2D eigenvalue weighted by molar-refractivity contribution is 5.94. The van der Waals surface area contributed by atoms with Gasteiger partial charge in [-0.05, 0) is 25.5 Å². The number of nitrogens with zero attached hydrogens (tertiary/aromatic N) is 2. The zero-order valence-corrected chi connectivity index (χ0v) is 13.5. The van der Waals surface area contributed by atoms with E-state index >= 15 is 0 Å². The Morgan fingerprint density at radius 3 is 2.95 bits per heavy atom. The summed E-state index contributed by atoms with van der Waals surface area (Å²) in [5.41, 5.74) is 0.643. The number of anilines is 1. The highest BCUT2D eigenvalue weighted by atomic mass is 16.5. The fourth-order valence-corrected chi connectivity index (χ4v) is 2.24. The quantitative estimate of drug-likeness (QED) is 0.796. The summed E-state index contributed by atoms with van der Waals surface area (Å²) in [6.07, 6.45) is 2.59. The van der Waals surface area contributed by atoms with Crippen LogP contribution in [0.15, 0.2) is 18.3 Å². The topological polar surface area (TPSA) is 66.5 Å². The Balaban J connectivity index is 1.81. The number of aromatic nitrogens is 1. The van der Waals surface area contributed by atoms with Gasteiger partial charge in [-0.3, -0.25) is 9.69 Å². The maximum atomic E-state index is 12.1. The maximum Gasteiger partial charge on any atom is 0.251 e. The van der Waals surface area contributed by atoms with Gasteiger partial charge in [0.2, 0.25) is 0 Å². The number of hydrogen-bond acceptors (Lipinski definition) is 5. The third-order valence-corrected chi connectivity index (χ3v) is 3.85. The Bertz CT molecular complexity index is 475. The van der Waals surface area contributed by atoms with E-state index in [1.807, 2.05) is 6.92 Å². The lowest BCUT2D eigenvalue weighted by Gasteiger charge is -2.26. The van der Waals surface area contributed by atoms with Crippen LogP contribution < -0.4 is 10.6 Å². The van der Waals surface area contributed by atoms with Crippen molar-refractivity contribution in [2.24, 2.45) is 0 Å². The van der Waals surface area contributed by atoms with E-state index in [1.165, 1.54) is 0 Å². The second-order valence-electron chi connectivity index (χ2n) is 5.59. The van der Waals surface area contributed by atoms with Crippen LogP contribution >= 0.6 is 0 Å². The van der Waals surface area contributed by atoms with Gasteiger partial charge in [-0.1, -0.05) is 6.92 Å². The molecular weight excluding hydrogens is 280 g/mol. The second-order valence-corrected chi connectivity index (χ2v) is 5.59. The minimum absolute atomic E-state index is 0.0482. The predicted octanol–water partition coefficient (Wildman–Crippen LogP) is 1.35. The summed E-state index contributed by atoms with van der Waals surface area (Å²) in [6.45, 7) is 9.39. The van der Waals surface area contributed by atoms with Crippen molar-refractivity contribution < 1.29 is 9.53 Å². The molecule has 1 atom stereocenters. The molecule has 0 saturated carbocycles. The first-order valence-electron chi connectivity index (χ1n) is 8.00. The number of nitrogens with one attached hydrogen (secondary N) is 2. The molecule has 1 aromatic rings. The Morgan fingerprint density at radius 1 is 1.45 bits per heavy atom. The van der Waals surface area contributed by atoms with Gasteiger partial charge in [0.05, 0.1) is 13.2 Å². The SMILES string of the molecule is CCC(C)NC(=O)c1ccnc(NCCN2CCOCC2)c1. The molecule has 2 rings (SSSR count). The average molecular weight is 306 g/mol. The molecular formula is C16H26N4O2. The van der Waals surface area contributed by atoms with Gasteiger partial charge in [-0.2, -0.15) is 0 Å². The van der Waals surface area contributed by atoms with E-state index in [9.17, 15) is 4.79 Å². The first kappa shape index (κ1) is 16.7. The molecule has 6 nitrogen and oxygen atoms in total. The first-order chi connectivity index (χ1) is 10.7. The van der Waals surface area contributed by atoms with E-state index in [2.05, 4.69) is 27.4 Å². The molecule has 0 bridgehead atoms. The molecule has 22 heavy (non-hydrogen) atoms. The Morgan fingerprint density at radius 2 is 2.23 bits per heavy atom. The Kier molecular flexibility index (Phi) is 6.61. The van der Waals surface area contributed by atoms with Crippen molar-refractivity contribution >= 4 is 11.7 Å². The molecule has 0 spiro atoms. The molecule has 2 heterocycles. The smallest absolute Gasteiger partial charge is 0.251 e. The lowest BCUT2D eigenvalue weighted by atomic mass is 10.2. The van der Waals surface area contributed by atoms with Crippen LogP contribution in [0.3, 0.4) is 0 Å². The van der Waals surface area contributed by atoms with Crippen molar-refractivity contribution in [1.82, 2.24) is 15.2 Å². The first-order valence-corrected chi connectivity index (χ1v) is 8.00. The highest BCUT2D eigenvalue weighted by Gasteiger charge is 2.11. The molecule has 6 heteroatoms. The molecule has 1 amide bonds. The summed E-state index contributed by atoms with van der Waals surface area (Å²) in [5.74, 6) is 0.693. The summed E-state index contributed by atoms with van der Waals surface area (Å²) in [7, 11) is 0. The van der Waals surface area contributed by atoms with Crippen molar-refractivity contribution in [2.75, 3.05) is 44.7 Å². The molecule has 2 N–H and O–H groups in total. The number of carbonyl (C=O) groups excluding carboxylic acids is 1. The van der Waals surface area contributed by atoms with Gasteiger partial charge in [-0.25, -0.2) is 4.98 Å². The van der Waals surface area contributed by atoms with E-state index in [0.29, 0.717) is 5.56 Å². The average Bonchev–Trinajstić information content (AvgIpc) is 2.56. The number of amides is 1. The number of hydrogen-bond donors (Lipinski definition) is 2. The van der Waals surface area contributed by atoms with E-state index in [4.69, 9.17) is 4.74 Å².